The molecular weight excluding hydrogens is 383 g/mol. The van der Waals surface area contributed by atoms with Crippen molar-refractivity contribution < 1.29 is 19.0 Å². The summed E-state index contributed by atoms with van der Waals surface area (Å²) in [6, 6.07) is 15.6. The lowest BCUT2D eigenvalue weighted by molar-refractivity contribution is -0.0911. The van der Waals surface area contributed by atoms with E-state index in [2.05, 4.69) is 6.07 Å². The summed E-state index contributed by atoms with van der Waals surface area (Å²) >= 11 is 0. The van der Waals surface area contributed by atoms with Gasteiger partial charge in [0.25, 0.3) is 0 Å². The van der Waals surface area contributed by atoms with Gasteiger partial charge in [0.1, 0.15) is 12.4 Å². The topological polar surface area (TPSA) is 73.6 Å². The monoisotopic (exact) mass is 408 g/mol. The van der Waals surface area contributed by atoms with E-state index in [-0.39, 0.29) is 49.6 Å². The Kier molecular flexibility index (Phi) is 5.74. The molecule has 0 radical (unpaired) electrons. The van der Waals surface area contributed by atoms with Crippen molar-refractivity contribution in [3.8, 4) is 6.07 Å². The number of piperidine rings is 2. The Morgan fingerprint density at radius 3 is 2.53 bits per heavy atom. The van der Waals surface area contributed by atoms with Crippen LogP contribution in [0.5, 0.6) is 0 Å². The van der Waals surface area contributed by atoms with Crippen molar-refractivity contribution >= 4 is 6.09 Å². The molecule has 2 saturated heterocycles. The number of halogens is 1. The fourth-order valence-corrected chi connectivity index (χ4v) is 4.87. The Labute approximate surface area is 175 Å². The highest BCUT2D eigenvalue weighted by molar-refractivity contribution is 5.69. The number of ether oxygens (including phenoxy) is 1. The average Bonchev–Trinajstić information content (AvgIpc) is 2.73. The number of rotatable bonds is 4. The number of fused-ring (bicyclic) bond motifs is 2. The first-order chi connectivity index (χ1) is 14.5. The predicted molar refractivity (Wildman–Crippen MR) is 109 cm³/mol. The second-order valence-corrected chi connectivity index (χ2v) is 8.27. The molecule has 6 heteroatoms. The van der Waals surface area contributed by atoms with Gasteiger partial charge in [-0.2, -0.15) is 5.26 Å². The summed E-state index contributed by atoms with van der Waals surface area (Å²) < 4.78 is 20.2. The van der Waals surface area contributed by atoms with Gasteiger partial charge in [-0.05, 0) is 42.5 Å². The maximum absolute atomic E-state index is 14.6. The van der Waals surface area contributed by atoms with Crippen molar-refractivity contribution in [2.45, 2.75) is 62.8 Å². The van der Waals surface area contributed by atoms with Crippen LogP contribution in [0.1, 0.15) is 48.8 Å². The average molecular weight is 408 g/mol. The van der Waals surface area contributed by atoms with E-state index < -0.39 is 11.4 Å². The quantitative estimate of drug-likeness (QED) is 0.812. The largest absolute Gasteiger partial charge is 0.445 e. The number of carbonyl (C=O) groups is 1. The minimum absolute atomic E-state index is 0.161. The maximum Gasteiger partial charge on any atom is 0.410 e. The summed E-state index contributed by atoms with van der Waals surface area (Å²) in [5, 5.41) is 20.4. The van der Waals surface area contributed by atoms with Crippen LogP contribution in [0.15, 0.2) is 48.5 Å². The van der Waals surface area contributed by atoms with Gasteiger partial charge in [0.05, 0.1) is 18.1 Å². The van der Waals surface area contributed by atoms with Crippen molar-refractivity contribution in [3.05, 3.63) is 71.0 Å². The predicted octanol–water partition coefficient (Wildman–Crippen LogP) is 4.43. The molecule has 1 N–H and O–H groups in total. The molecule has 0 saturated carbocycles. The van der Waals surface area contributed by atoms with Crippen LogP contribution >= 0.6 is 0 Å². The number of nitrogens with zero attached hydrogens (tertiary/aromatic N) is 2. The van der Waals surface area contributed by atoms with E-state index in [0.29, 0.717) is 5.56 Å². The molecule has 1 amide bonds. The summed E-state index contributed by atoms with van der Waals surface area (Å²) in [5.41, 5.74) is 0.462. The lowest BCUT2D eigenvalue weighted by atomic mass is 9.72. The van der Waals surface area contributed by atoms with Gasteiger partial charge in [0, 0.05) is 30.5 Å². The van der Waals surface area contributed by atoms with Crippen LogP contribution in [0.4, 0.5) is 9.18 Å². The number of nitriles is 1. The number of hydrogen-bond donors (Lipinski definition) is 1. The highest BCUT2D eigenvalue weighted by Crippen LogP contribution is 2.45. The normalized spacial score (nSPS) is 25.4. The van der Waals surface area contributed by atoms with Crippen LogP contribution < -0.4 is 0 Å². The molecule has 0 aromatic heterocycles. The first-order valence-corrected chi connectivity index (χ1v) is 10.4. The summed E-state index contributed by atoms with van der Waals surface area (Å²) in [4.78, 5) is 14.6. The van der Waals surface area contributed by atoms with E-state index in [1.54, 1.807) is 17.0 Å². The van der Waals surface area contributed by atoms with Gasteiger partial charge in [-0.25, -0.2) is 9.18 Å². The Morgan fingerprint density at radius 1 is 1.17 bits per heavy atom. The van der Waals surface area contributed by atoms with Crippen LogP contribution in [-0.4, -0.2) is 28.2 Å². The molecule has 156 valence electrons. The van der Waals surface area contributed by atoms with Crippen molar-refractivity contribution in [2.24, 2.45) is 0 Å². The van der Waals surface area contributed by atoms with Crippen molar-refractivity contribution in [1.82, 2.24) is 4.90 Å². The van der Waals surface area contributed by atoms with Crippen molar-refractivity contribution in [2.75, 3.05) is 0 Å². The Hall–Kier alpha value is -2.91. The number of benzene rings is 2. The highest BCUT2D eigenvalue weighted by Gasteiger charge is 2.49. The number of hydrogen-bond acceptors (Lipinski definition) is 4. The number of carbonyl (C=O) groups excluding carboxylic acids is 1. The summed E-state index contributed by atoms with van der Waals surface area (Å²) in [6.07, 6.45) is 2.76. The summed E-state index contributed by atoms with van der Waals surface area (Å²) in [7, 11) is 0. The molecular formula is C24H25FN2O3. The zero-order valence-electron chi connectivity index (χ0n) is 16.8. The van der Waals surface area contributed by atoms with Gasteiger partial charge < -0.3 is 14.7 Å². The molecule has 30 heavy (non-hydrogen) atoms. The smallest absolute Gasteiger partial charge is 0.410 e. The summed E-state index contributed by atoms with van der Waals surface area (Å²) in [6.45, 7) is 0.199. The Morgan fingerprint density at radius 2 is 1.87 bits per heavy atom. The first kappa shape index (κ1) is 20.4. The van der Waals surface area contributed by atoms with Gasteiger partial charge >= 0.3 is 6.09 Å². The number of amides is 1. The maximum atomic E-state index is 14.6. The van der Waals surface area contributed by atoms with E-state index in [1.807, 2.05) is 30.3 Å². The summed E-state index contributed by atoms with van der Waals surface area (Å²) in [5.74, 6) is -0.475. The first-order valence-electron chi connectivity index (χ1n) is 10.4. The second-order valence-electron chi connectivity index (χ2n) is 8.27. The van der Waals surface area contributed by atoms with E-state index in [0.717, 1.165) is 24.8 Å². The molecule has 2 bridgehead atoms. The van der Waals surface area contributed by atoms with E-state index in [9.17, 15) is 14.3 Å². The molecule has 2 aromatic carbocycles. The third-order valence-corrected chi connectivity index (χ3v) is 6.24. The molecule has 2 unspecified atom stereocenters. The number of aliphatic hydroxyl groups is 1. The minimum atomic E-state index is -1.36. The second kappa shape index (κ2) is 8.45. The van der Waals surface area contributed by atoms with Crippen molar-refractivity contribution in [3.63, 3.8) is 0 Å². The molecule has 2 aromatic rings. The van der Waals surface area contributed by atoms with Crippen molar-refractivity contribution in [1.29, 1.82) is 5.26 Å². The van der Waals surface area contributed by atoms with Gasteiger partial charge in [-0.15, -0.1) is 0 Å². The lowest BCUT2D eigenvalue weighted by Gasteiger charge is -2.51. The lowest BCUT2D eigenvalue weighted by Crippen LogP contribution is -2.59. The van der Waals surface area contributed by atoms with Crippen LogP contribution in [0.3, 0.4) is 0 Å². The van der Waals surface area contributed by atoms with E-state index >= 15 is 0 Å². The molecule has 5 nitrogen and oxygen atoms in total. The van der Waals surface area contributed by atoms with Gasteiger partial charge in [0.2, 0.25) is 0 Å². The van der Waals surface area contributed by atoms with Crippen LogP contribution in [-0.2, 0) is 23.4 Å². The van der Waals surface area contributed by atoms with Crippen LogP contribution in [0.2, 0.25) is 0 Å². The van der Waals surface area contributed by atoms with Crippen LogP contribution in [0.25, 0.3) is 0 Å². The molecule has 2 heterocycles. The van der Waals surface area contributed by atoms with Gasteiger partial charge in [0.15, 0.2) is 0 Å². The zero-order valence-corrected chi connectivity index (χ0v) is 16.8. The highest BCUT2D eigenvalue weighted by atomic mass is 19.1. The van der Waals surface area contributed by atoms with Gasteiger partial charge in [-0.1, -0.05) is 36.4 Å². The molecule has 2 aliphatic rings. The minimum Gasteiger partial charge on any atom is -0.445 e. The molecule has 4 rings (SSSR count). The van der Waals surface area contributed by atoms with Gasteiger partial charge in [-0.3, -0.25) is 0 Å². The fraction of sp³-hybridized carbons (Fsp3) is 0.417. The van der Waals surface area contributed by atoms with Crippen LogP contribution in [0, 0.1) is 17.1 Å². The fourth-order valence-electron chi connectivity index (χ4n) is 4.87. The standard InChI is InChI=1S/C24H25FN2O3/c25-22-10-9-17(11-12-26)13-21(22)24(29)14-19-7-4-8-20(15-24)27(19)23(28)30-16-18-5-2-1-3-6-18/h1-3,5-6,9-10,13,19-20,29H,4,7-8,11,14-16H2. The third kappa shape index (κ3) is 4.03. The Bertz CT molecular complexity index is 943. The Balaban J connectivity index is 1.52. The zero-order chi connectivity index (χ0) is 21.1. The molecule has 2 aliphatic heterocycles. The SMILES string of the molecule is N#CCc1ccc(F)c(C2(O)CC3CCCC(C2)N3C(=O)OCc2ccccc2)c1. The third-order valence-electron chi connectivity index (χ3n) is 6.24. The molecule has 2 atom stereocenters. The molecule has 0 aliphatic carbocycles. The van der Waals surface area contributed by atoms with E-state index in [4.69, 9.17) is 10.00 Å². The molecule has 2 fully saturated rings. The molecule has 0 spiro atoms. The van der Waals surface area contributed by atoms with E-state index in [1.165, 1.54) is 6.07 Å².